The van der Waals surface area contributed by atoms with E-state index in [1.165, 1.54) is 0 Å². The summed E-state index contributed by atoms with van der Waals surface area (Å²) in [4.78, 5) is 12.0. The van der Waals surface area contributed by atoms with Gasteiger partial charge in [0.25, 0.3) is 0 Å². The summed E-state index contributed by atoms with van der Waals surface area (Å²) >= 11 is 10.7. The zero-order valence-corrected chi connectivity index (χ0v) is 10.8. The van der Waals surface area contributed by atoms with Gasteiger partial charge in [-0.2, -0.15) is 0 Å². The lowest BCUT2D eigenvalue weighted by atomic mass is 10.1. The summed E-state index contributed by atoms with van der Waals surface area (Å²) in [6, 6.07) is 5.72. The highest BCUT2D eigenvalue weighted by molar-refractivity contribution is 9.10. The number of benzene rings is 1. The molecule has 1 aromatic carbocycles. The maximum absolute atomic E-state index is 11.1. The molecule has 1 aromatic rings. The summed E-state index contributed by atoms with van der Waals surface area (Å²) in [5.41, 5.74) is 0.998. The Balaban J connectivity index is 2.79. The van der Waals surface area contributed by atoms with E-state index >= 15 is 0 Å². The van der Waals surface area contributed by atoms with Crippen molar-refractivity contribution < 1.29 is 4.79 Å². The van der Waals surface area contributed by atoms with E-state index in [0.717, 1.165) is 14.9 Å². The molecule has 0 aliphatic heterocycles. The normalized spacial score (nSPS) is 10.1. The quantitative estimate of drug-likeness (QED) is 0.667. The van der Waals surface area contributed by atoms with Crippen LogP contribution in [0.15, 0.2) is 27.6 Å². The number of alkyl halides is 1. The van der Waals surface area contributed by atoms with Crippen molar-refractivity contribution in [2.24, 2.45) is 0 Å². The molecule has 0 saturated heterocycles. The van der Waals surface area contributed by atoms with Crippen LogP contribution < -0.4 is 0 Å². The van der Waals surface area contributed by atoms with Crippen molar-refractivity contribution >= 4 is 50.3 Å². The van der Waals surface area contributed by atoms with Gasteiger partial charge in [0, 0.05) is 15.8 Å². The molecule has 1 rings (SSSR count). The second-order valence-corrected chi connectivity index (χ2v) is 4.53. The lowest BCUT2D eigenvalue weighted by Gasteiger charge is -2.01. The van der Waals surface area contributed by atoms with Gasteiger partial charge in [0.1, 0.15) is 5.78 Å². The smallest absolute Gasteiger partial charge is 0.147 e. The highest BCUT2D eigenvalue weighted by atomic mass is 79.9. The molecule has 0 bridgehead atoms. The van der Waals surface area contributed by atoms with E-state index in [9.17, 15) is 4.79 Å². The van der Waals surface area contributed by atoms with Crippen molar-refractivity contribution in [3.8, 4) is 0 Å². The largest absolute Gasteiger partial charge is 0.298 e. The SMILES string of the molecule is O=C(CBr)Cc1ccc(Br)c(S)c1. The van der Waals surface area contributed by atoms with Gasteiger partial charge in [-0.25, -0.2) is 0 Å². The van der Waals surface area contributed by atoms with Crippen molar-refractivity contribution in [1.82, 2.24) is 0 Å². The average molecular weight is 324 g/mol. The molecular weight excluding hydrogens is 316 g/mol. The molecule has 0 radical (unpaired) electrons. The Morgan fingerprint density at radius 3 is 2.69 bits per heavy atom. The van der Waals surface area contributed by atoms with Gasteiger partial charge in [-0.15, -0.1) is 12.6 Å². The maximum Gasteiger partial charge on any atom is 0.147 e. The molecule has 0 aliphatic carbocycles. The fraction of sp³-hybridized carbons (Fsp3) is 0.222. The summed E-state index contributed by atoms with van der Waals surface area (Å²) in [6.45, 7) is 0. The third kappa shape index (κ3) is 3.44. The molecule has 0 aromatic heterocycles. The van der Waals surface area contributed by atoms with Crippen molar-refractivity contribution in [2.45, 2.75) is 11.3 Å². The van der Waals surface area contributed by atoms with E-state index in [1.54, 1.807) is 0 Å². The van der Waals surface area contributed by atoms with Gasteiger partial charge in [0.2, 0.25) is 0 Å². The topological polar surface area (TPSA) is 17.1 Å². The zero-order valence-electron chi connectivity index (χ0n) is 6.76. The van der Waals surface area contributed by atoms with Crippen LogP contribution in [0.25, 0.3) is 0 Å². The number of halogens is 2. The Morgan fingerprint density at radius 2 is 2.15 bits per heavy atom. The highest BCUT2D eigenvalue weighted by Gasteiger charge is 2.03. The number of hydrogen-bond acceptors (Lipinski definition) is 2. The molecule has 0 spiro atoms. The standard InChI is InChI=1S/C9H8Br2OS/c10-5-7(12)3-6-1-2-8(11)9(13)4-6/h1-2,4,13H,3,5H2. The predicted octanol–water partition coefficient (Wildman–Crippen LogP) is 3.24. The second kappa shape index (κ2) is 5.17. The molecule has 0 aliphatic rings. The average Bonchev–Trinajstić information content (AvgIpc) is 2.11. The first-order valence-electron chi connectivity index (χ1n) is 3.68. The maximum atomic E-state index is 11.1. The van der Waals surface area contributed by atoms with Crippen LogP contribution in [0.3, 0.4) is 0 Å². The Hall–Kier alpha value is 0.200. The molecular formula is C9H8Br2OS. The Bertz CT molecular complexity index is 325. The van der Waals surface area contributed by atoms with Crippen molar-refractivity contribution in [3.05, 3.63) is 28.2 Å². The van der Waals surface area contributed by atoms with E-state index in [-0.39, 0.29) is 5.78 Å². The highest BCUT2D eigenvalue weighted by Crippen LogP contribution is 2.21. The van der Waals surface area contributed by atoms with Crippen molar-refractivity contribution in [2.75, 3.05) is 5.33 Å². The van der Waals surface area contributed by atoms with Crippen molar-refractivity contribution in [1.29, 1.82) is 0 Å². The van der Waals surface area contributed by atoms with E-state index < -0.39 is 0 Å². The molecule has 0 N–H and O–H groups in total. The zero-order chi connectivity index (χ0) is 9.84. The number of hydrogen-bond donors (Lipinski definition) is 1. The third-order valence-electron chi connectivity index (χ3n) is 1.56. The predicted molar refractivity (Wildman–Crippen MR) is 63.9 cm³/mol. The van der Waals surface area contributed by atoms with Crippen LogP contribution >= 0.6 is 44.5 Å². The second-order valence-electron chi connectivity index (χ2n) is 2.63. The first kappa shape index (κ1) is 11.3. The first-order chi connectivity index (χ1) is 6.13. The molecule has 70 valence electrons. The monoisotopic (exact) mass is 322 g/mol. The summed E-state index contributed by atoms with van der Waals surface area (Å²) in [5, 5.41) is 0.408. The number of carbonyl (C=O) groups excluding carboxylic acids is 1. The van der Waals surface area contributed by atoms with Crippen LogP contribution in [0.5, 0.6) is 0 Å². The fourth-order valence-corrected chi connectivity index (χ4v) is 1.63. The van der Waals surface area contributed by atoms with E-state index in [0.29, 0.717) is 11.8 Å². The number of Topliss-reactive ketones (excluding diaryl/α,β-unsaturated/α-hetero) is 1. The number of thiol groups is 1. The summed E-state index contributed by atoms with van der Waals surface area (Å²) in [7, 11) is 0. The van der Waals surface area contributed by atoms with Gasteiger partial charge in [-0.3, -0.25) is 4.79 Å². The molecule has 0 unspecified atom stereocenters. The van der Waals surface area contributed by atoms with E-state index in [4.69, 9.17) is 0 Å². The van der Waals surface area contributed by atoms with Gasteiger partial charge >= 0.3 is 0 Å². The molecule has 4 heteroatoms. The van der Waals surface area contributed by atoms with Crippen molar-refractivity contribution in [3.63, 3.8) is 0 Å². The minimum Gasteiger partial charge on any atom is -0.298 e. The van der Waals surface area contributed by atoms with E-state index in [1.807, 2.05) is 18.2 Å². The van der Waals surface area contributed by atoms with Crippen LogP contribution in [0, 0.1) is 0 Å². The third-order valence-corrected chi connectivity index (χ3v) is 3.55. The first-order valence-corrected chi connectivity index (χ1v) is 6.04. The molecule has 0 saturated carbocycles. The molecule has 0 atom stereocenters. The summed E-state index contributed by atoms with van der Waals surface area (Å²) < 4.78 is 0.950. The lowest BCUT2D eigenvalue weighted by molar-refractivity contribution is -0.115. The van der Waals surface area contributed by atoms with Gasteiger partial charge in [0.05, 0.1) is 5.33 Å². The summed E-state index contributed by atoms with van der Waals surface area (Å²) in [5.74, 6) is 0.176. The molecule has 0 fully saturated rings. The van der Waals surface area contributed by atoms with Crippen LogP contribution in [0.4, 0.5) is 0 Å². The number of rotatable bonds is 3. The van der Waals surface area contributed by atoms with Gasteiger partial charge in [-0.1, -0.05) is 22.0 Å². The Kier molecular flexibility index (Phi) is 4.49. The molecule has 0 heterocycles. The minimum atomic E-state index is 0.176. The number of ketones is 1. The van der Waals surface area contributed by atoms with Crippen LogP contribution in [0.2, 0.25) is 0 Å². The van der Waals surface area contributed by atoms with Crippen LogP contribution in [-0.4, -0.2) is 11.1 Å². The van der Waals surface area contributed by atoms with Crippen LogP contribution in [-0.2, 0) is 11.2 Å². The van der Waals surface area contributed by atoms with Gasteiger partial charge in [-0.05, 0) is 33.6 Å². The minimum absolute atomic E-state index is 0.176. The lowest BCUT2D eigenvalue weighted by Crippen LogP contribution is -2.03. The van der Waals surface area contributed by atoms with E-state index in [2.05, 4.69) is 44.5 Å². The Labute approximate surface area is 99.6 Å². The number of carbonyl (C=O) groups is 1. The molecule has 1 nitrogen and oxygen atoms in total. The summed E-state index contributed by atoms with van der Waals surface area (Å²) in [6.07, 6.45) is 0.464. The van der Waals surface area contributed by atoms with Crippen LogP contribution in [0.1, 0.15) is 5.56 Å². The molecule has 13 heavy (non-hydrogen) atoms. The van der Waals surface area contributed by atoms with Gasteiger partial charge < -0.3 is 0 Å². The Morgan fingerprint density at radius 1 is 1.46 bits per heavy atom. The fourth-order valence-electron chi connectivity index (χ4n) is 0.943. The molecule has 0 amide bonds. The van der Waals surface area contributed by atoms with Gasteiger partial charge in [0.15, 0.2) is 0 Å².